The molecule has 0 spiro atoms. The first-order chi connectivity index (χ1) is 12.7. The first-order valence-corrected chi connectivity index (χ1v) is 8.47. The Bertz CT molecular complexity index is 883. The number of para-hydroxylation sites is 1. The number of nitrogens with zero attached hydrogens (tertiary/aromatic N) is 2. The Kier molecular flexibility index (Phi) is 5.59. The average Bonchev–Trinajstić information content (AvgIpc) is 2.68. The molecule has 3 rings (SSSR count). The lowest BCUT2D eigenvalue weighted by Gasteiger charge is -2.21. The number of halogens is 1. The Morgan fingerprint density at radius 1 is 1.08 bits per heavy atom. The molecule has 0 saturated carbocycles. The maximum Gasteiger partial charge on any atom is 0.255 e. The molecule has 0 aliphatic carbocycles. The van der Waals surface area contributed by atoms with E-state index in [1.807, 2.05) is 37.3 Å². The smallest absolute Gasteiger partial charge is 0.255 e. The highest BCUT2D eigenvalue weighted by Crippen LogP contribution is 2.20. The highest BCUT2D eigenvalue weighted by molar-refractivity contribution is 5.94. The molecule has 1 N–H and O–H groups in total. The quantitative estimate of drug-likeness (QED) is 0.706. The van der Waals surface area contributed by atoms with Gasteiger partial charge in [0.1, 0.15) is 5.82 Å². The second kappa shape index (κ2) is 8.25. The summed E-state index contributed by atoms with van der Waals surface area (Å²) in [6.07, 6.45) is 3.10. The van der Waals surface area contributed by atoms with Crippen LogP contribution in [-0.4, -0.2) is 22.3 Å². The molecule has 1 aromatic heterocycles. The number of hydrogen-bond donors (Lipinski definition) is 1. The monoisotopic (exact) mass is 349 g/mol. The summed E-state index contributed by atoms with van der Waals surface area (Å²) in [5, 5.41) is 2.97. The van der Waals surface area contributed by atoms with Crippen molar-refractivity contribution < 1.29 is 9.18 Å². The molecule has 2 aromatic carbocycles. The fourth-order valence-corrected chi connectivity index (χ4v) is 2.66. The van der Waals surface area contributed by atoms with Gasteiger partial charge in [0.25, 0.3) is 5.91 Å². The molecule has 4 nitrogen and oxygen atoms in total. The summed E-state index contributed by atoms with van der Waals surface area (Å²) in [4.78, 5) is 18.7. The van der Waals surface area contributed by atoms with Crippen LogP contribution in [0.3, 0.4) is 0 Å². The molecule has 0 bridgehead atoms. The van der Waals surface area contributed by atoms with Crippen LogP contribution in [-0.2, 0) is 6.54 Å². The van der Waals surface area contributed by atoms with Gasteiger partial charge in [0.15, 0.2) is 0 Å². The minimum atomic E-state index is -0.358. The fourth-order valence-electron chi connectivity index (χ4n) is 2.66. The summed E-state index contributed by atoms with van der Waals surface area (Å²) >= 11 is 0. The van der Waals surface area contributed by atoms with Gasteiger partial charge >= 0.3 is 0 Å². The number of amides is 1. The van der Waals surface area contributed by atoms with Crippen LogP contribution in [0, 0.1) is 5.82 Å². The molecule has 5 heteroatoms. The Labute approximate surface area is 152 Å². The molecule has 1 heterocycles. The van der Waals surface area contributed by atoms with Gasteiger partial charge in [0, 0.05) is 19.3 Å². The topological polar surface area (TPSA) is 45.2 Å². The van der Waals surface area contributed by atoms with Gasteiger partial charge in [0.2, 0.25) is 0 Å². The fraction of sp³-hybridized carbons (Fsp3) is 0.143. The predicted octanol–water partition coefficient (Wildman–Crippen LogP) is 4.63. The molecular formula is C21H20FN3O. The van der Waals surface area contributed by atoms with Crippen LogP contribution in [0.5, 0.6) is 0 Å². The molecule has 3 aromatic rings. The number of anilines is 2. The van der Waals surface area contributed by atoms with E-state index in [9.17, 15) is 9.18 Å². The summed E-state index contributed by atoms with van der Waals surface area (Å²) in [6.45, 7) is 3.05. The van der Waals surface area contributed by atoms with Crippen molar-refractivity contribution in [2.24, 2.45) is 0 Å². The van der Waals surface area contributed by atoms with Crippen molar-refractivity contribution in [3.05, 3.63) is 90.0 Å². The molecule has 0 aliphatic rings. The summed E-state index contributed by atoms with van der Waals surface area (Å²) in [7, 11) is 0. The van der Waals surface area contributed by atoms with Crippen LogP contribution in [0.15, 0.2) is 73.1 Å². The lowest BCUT2D eigenvalue weighted by atomic mass is 10.2. The SMILES string of the molecule is CCN(Cc1ccccc1)C(=O)c1cncc(Nc2ccccc2F)c1. The Balaban J connectivity index is 1.77. The van der Waals surface area contributed by atoms with E-state index in [1.165, 1.54) is 12.3 Å². The third-order valence-corrected chi connectivity index (χ3v) is 4.02. The maximum absolute atomic E-state index is 13.8. The summed E-state index contributed by atoms with van der Waals surface area (Å²) < 4.78 is 13.8. The zero-order valence-corrected chi connectivity index (χ0v) is 14.5. The Hall–Kier alpha value is -3.21. The van der Waals surface area contributed by atoms with E-state index in [0.29, 0.717) is 30.0 Å². The van der Waals surface area contributed by atoms with Gasteiger partial charge < -0.3 is 10.2 Å². The Morgan fingerprint density at radius 3 is 2.54 bits per heavy atom. The number of benzene rings is 2. The van der Waals surface area contributed by atoms with E-state index in [-0.39, 0.29) is 11.7 Å². The van der Waals surface area contributed by atoms with Crippen molar-refractivity contribution in [2.75, 3.05) is 11.9 Å². The van der Waals surface area contributed by atoms with Crippen LogP contribution >= 0.6 is 0 Å². The van der Waals surface area contributed by atoms with E-state index in [1.54, 1.807) is 35.4 Å². The predicted molar refractivity (Wildman–Crippen MR) is 101 cm³/mol. The van der Waals surface area contributed by atoms with E-state index in [2.05, 4.69) is 10.3 Å². The van der Waals surface area contributed by atoms with E-state index < -0.39 is 0 Å². The van der Waals surface area contributed by atoms with Gasteiger partial charge in [-0.05, 0) is 30.7 Å². The van der Waals surface area contributed by atoms with Crippen LogP contribution in [0.2, 0.25) is 0 Å². The van der Waals surface area contributed by atoms with E-state index in [0.717, 1.165) is 5.56 Å². The molecule has 132 valence electrons. The first-order valence-electron chi connectivity index (χ1n) is 8.47. The van der Waals surface area contributed by atoms with Gasteiger partial charge in [-0.25, -0.2) is 4.39 Å². The van der Waals surface area contributed by atoms with Crippen molar-refractivity contribution in [3.63, 3.8) is 0 Å². The van der Waals surface area contributed by atoms with Crippen LogP contribution in [0.4, 0.5) is 15.8 Å². The number of pyridine rings is 1. The lowest BCUT2D eigenvalue weighted by molar-refractivity contribution is 0.0752. The Morgan fingerprint density at radius 2 is 1.81 bits per heavy atom. The standard InChI is InChI=1S/C21H20FN3O/c1-2-25(15-16-8-4-3-5-9-16)21(26)17-12-18(14-23-13-17)24-20-11-7-6-10-19(20)22/h3-14,24H,2,15H2,1H3. The van der Waals surface area contributed by atoms with Gasteiger partial charge in [0.05, 0.1) is 23.1 Å². The summed E-state index contributed by atoms with van der Waals surface area (Å²) in [6, 6.07) is 17.9. The lowest BCUT2D eigenvalue weighted by Crippen LogP contribution is -2.30. The van der Waals surface area contributed by atoms with Crippen molar-refractivity contribution in [2.45, 2.75) is 13.5 Å². The zero-order chi connectivity index (χ0) is 18.4. The van der Waals surface area contributed by atoms with Crippen LogP contribution < -0.4 is 5.32 Å². The van der Waals surface area contributed by atoms with Gasteiger partial charge in [-0.3, -0.25) is 9.78 Å². The molecule has 0 saturated heterocycles. The minimum absolute atomic E-state index is 0.110. The van der Waals surface area contributed by atoms with Crippen molar-refractivity contribution in [1.29, 1.82) is 0 Å². The number of rotatable bonds is 6. The largest absolute Gasteiger partial charge is 0.352 e. The van der Waals surface area contributed by atoms with Gasteiger partial charge in [-0.2, -0.15) is 0 Å². The first kappa shape index (κ1) is 17.6. The van der Waals surface area contributed by atoms with Gasteiger partial charge in [-0.1, -0.05) is 42.5 Å². The highest BCUT2D eigenvalue weighted by atomic mass is 19.1. The normalized spacial score (nSPS) is 10.4. The summed E-state index contributed by atoms with van der Waals surface area (Å²) in [5.74, 6) is -0.468. The average molecular weight is 349 g/mol. The number of hydrogen-bond acceptors (Lipinski definition) is 3. The molecular weight excluding hydrogens is 329 g/mol. The summed E-state index contributed by atoms with van der Waals surface area (Å²) in [5.41, 5.74) is 2.44. The van der Waals surface area contributed by atoms with Crippen molar-refractivity contribution in [1.82, 2.24) is 9.88 Å². The molecule has 0 unspecified atom stereocenters. The van der Waals surface area contributed by atoms with E-state index >= 15 is 0 Å². The number of aromatic nitrogens is 1. The number of carbonyl (C=O) groups is 1. The molecule has 1 amide bonds. The molecule has 26 heavy (non-hydrogen) atoms. The maximum atomic E-state index is 13.8. The number of nitrogens with one attached hydrogen (secondary N) is 1. The third kappa shape index (κ3) is 4.25. The van der Waals surface area contributed by atoms with Crippen molar-refractivity contribution >= 4 is 17.3 Å². The van der Waals surface area contributed by atoms with Gasteiger partial charge in [-0.15, -0.1) is 0 Å². The number of carbonyl (C=O) groups excluding carboxylic acids is 1. The van der Waals surface area contributed by atoms with Crippen LogP contribution in [0.25, 0.3) is 0 Å². The molecule has 0 atom stereocenters. The van der Waals surface area contributed by atoms with Crippen LogP contribution in [0.1, 0.15) is 22.8 Å². The second-order valence-electron chi connectivity index (χ2n) is 5.87. The second-order valence-corrected chi connectivity index (χ2v) is 5.87. The zero-order valence-electron chi connectivity index (χ0n) is 14.5. The van der Waals surface area contributed by atoms with E-state index in [4.69, 9.17) is 0 Å². The minimum Gasteiger partial charge on any atom is -0.352 e. The molecule has 0 radical (unpaired) electrons. The highest BCUT2D eigenvalue weighted by Gasteiger charge is 2.15. The third-order valence-electron chi connectivity index (χ3n) is 4.02. The molecule has 0 fully saturated rings. The molecule has 0 aliphatic heterocycles. The van der Waals surface area contributed by atoms with Crippen molar-refractivity contribution in [3.8, 4) is 0 Å².